The Kier molecular flexibility index (Phi) is 6.13. The van der Waals surface area contributed by atoms with Gasteiger partial charge < -0.3 is 20.4 Å². The number of anilines is 1. The minimum Gasteiger partial charge on any atom is -0.383 e. The van der Waals surface area contributed by atoms with Gasteiger partial charge in [0.1, 0.15) is 11.6 Å². The summed E-state index contributed by atoms with van der Waals surface area (Å²) in [6.45, 7) is 3.20. The molecular weight excluding hydrogens is 392 g/mol. The number of hydrogen-bond acceptors (Lipinski definition) is 8. The molecule has 2 aromatic rings. The van der Waals surface area contributed by atoms with Gasteiger partial charge >= 0.3 is 15.6 Å². The van der Waals surface area contributed by atoms with Crippen molar-refractivity contribution in [2.75, 3.05) is 5.73 Å². The van der Waals surface area contributed by atoms with Crippen LogP contribution in [0.5, 0.6) is 0 Å². The van der Waals surface area contributed by atoms with Crippen molar-refractivity contribution in [2.45, 2.75) is 26.9 Å². The van der Waals surface area contributed by atoms with Crippen LogP contribution in [-0.4, -0.2) is 24.6 Å². The molecule has 25 heavy (non-hydrogen) atoms. The van der Waals surface area contributed by atoms with Crippen LogP contribution >= 0.6 is 27.0 Å². The van der Waals surface area contributed by atoms with E-state index in [0.717, 1.165) is 16.7 Å². The first-order valence-electron chi connectivity index (χ1n) is 6.85. The zero-order chi connectivity index (χ0) is 18.8. The number of nitrogen functional groups attached to an aromatic ring is 1. The van der Waals surface area contributed by atoms with Gasteiger partial charge in [-0.1, -0.05) is 0 Å². The second-order valence-electron chi connectivity index (χ2n) is 5.13. The molecule has 138 valence electrons. The Morgan fingerprint density at radius 3 is 2.52 bits per heavy atom. The third-order valence-electron chi connectivity index (χ3n) is 3.21. The van der Waals surface area contributed by atoms with E-state index in [1.54, 1.807) is 20.0 Å². The molecule has 2 heterocycles. The molecular formula is C12H17N3O7P2S. The molecule has 2 aromatic heterocycles. The van der Waals surface area contributed by atoms with E-state index in [-0.39, 0.29) is 6.61 Å². The van der Waals surface area contributed by atoms with Crippen molar-refractivity contribution in [3.8, 4) is 0 Å². The van der Waals surface area contributed by atoms with Crippen molar-refractivity contribution < 1.29 is 32.6 Å². The van der Waals surface area contributed by atoms with Gasteiger partial charge in [0.2, 0.25) is 0 Å². The van der Waals surface area contributed by atoms with Crippen LogP contribution in [0.25, 0.3) is 0 Å². The van der Waals surface area contributed by atoms with Gasteiger partial charge in [-0.15, -0.1) is 11.3 Å². The molecule has 0 aromatic carbocycles. The lowest BCUT2D eigenvalue weighted by Crippen LogP contribution is -2.02. The average Bonchev–Trinajstić information content (AvgIpc) is 2.78. The molecule has 1 unspecified atom stereocenters. The van der Waals surface area contributed by atoms with Crippen molar-refractivity contribution in [3.05, 3.63) is 39.0 Å². The molecule has 5 N–H and O–H groups in total. The maximum absolute atomic E-state index is 11.5. The maximum atomic E-state index is 11.5. The fourth-order valence-corrected chi connectivity index (χ4v) is 4.59. The fraction of sp³-hybridized carbons (Fsp3) is 0.333. The van der Waals surface area contributed by atoms with E-state index >= 15 is 0 Å². The van der Waals surface area contributed by atoms with Crippen LogP contribution in [0.4, 0.5) is 5.82 Å². The van der Waals surface area contributed by atoms with Gasteiger partial charge in [-0.05, 0) is 30.4 Å². The Morgan fingerprint density at radius 1 is 1.24 bits per heavy atom. The Hall–Kier alpha value is -1.16. The summed E-state index contributed by atoms with van der Waals surface area (Å²) in [6.07, 6.45) is 2.12. The Labute approximate surface area is 147 Å². The Bertz CT molecular complexity index is 866. The summed E-state index contributed by atoms with van der Waals surface area (Å²) in [6, 6.07) is 0. The molecule has 0 aliphatic heterocycles. The molecule has 0 saturated heterocycles. The Morgan fingerprint density at radius 2 is 1.92 bits per heavy atom. The summed E-state index contributed by atoms with van der Waals surface area (Å²) in [5, 5.41) is 1.83. The van der Waals surface area contributed by atoms with E-state index in [4.69, 9.17) is 15.5 Å². The van der Waals surface area contributed by atoms with Crippen LogP contribution in [0.2, 0.25) is 0 Å². The summed E-state index contributed by atoms with van der Waals surface area (Å²) in [7, 11) is -10.00. The predicted octanol–water partition coefficient (Wildman–Crippen LogP) is 2.05. The normalized spacial score (nSPS) is 14.4. The van der Waals surface area contributed by atoms with E-state index < -0.39 is 15.6 Å². The molecule has 0 fully saturated rings. The number of phosphoric ester groups is 1. The highest BCUT2D eigenvalue weighted by Gasteiger charge is 2.32. The van der Waals surface area contributed by atoms with Crippen LogP contribution in [-0.2, 0) is 31.0 Å². The largest absolute Gasteiger partial charge is 0.481 e. The summed E-state index contributed by atoms with van der Waals surface area (Å²) < 4.78 is 30.5. The van der Waals surface area contributed by atoms with Gasteiger partial charge in [0.05, 0.1) is 6.61 Å². The van der Waals surface area contributed by atoms with Crippen molar-refractivity contribution in [1.29, 1.82) is 0 Å². The average molecular weight is 409 g/mol. The predicted molar refractivity (Wildman–Crippen MR) is 90.8 cm³/mol. The van der Waals surface area contributed by atoms with E-state index in [1.165, 1.54) is 11.3 Å². The number of hydrogen-bond donors (Lipinski definition) is 4. The topological polar surface area (TPSA) is 165 Å². The summed E-state index contributed by atoms with van der Waals surface area (Å²) in [5.41, 5.74) is 8.33. The minimum atomic E-state index is -5.13. The third-order valence-corrected chi connectivity index (χ3v) is 6.45. The molecule has 0 spiro atoms. The van der Waals surface area contributed by atoms with Crippen LogP contribution < -0.4 is 5.73 Å². The number of phosphoric acid groups is 2. The van der Waals surface area contributed by atoms with E-state index in [2.05, 4.69) is 18.8 Å². The molecule has 0 aliphatic carbocycles. The lowest BCUT2D eigenvalue weighted by Gasteiger charge is -2.12. The summed E-state index contributed by atoms with van der Waals surface area (Å²) >= 11 is 1.27. The molecule has 2 rings (SSSR count). The van der Waals surface area contributed by atoms with Crippen molar-refractivity contribution >= 4 is 32.8 Å². The molecule has 0 amide bonds. The Balaban J connectivity index is 2.08. The zero-order valence-corrected chi connectivity index (χ0v) is 15.9. The quantitative estimate of drug-likeness (QED) is 0.497. The lowest BCUT2D eigenvalue weighted by atomic mass is 10.1. The number of thiophene rings is 1. The van der Waals surface area contributed by atoms with Gasteiger partial charge in [-0.2, -0.15) is 4.31 Å². The molecule has 0 aliphatic rings. The van der Waals surface area contributed by atoms with E-state index in [9.17, 15) is 14.0 Å². The standard InChI is InChI=1S/C12H17N3O7P2S/c1-7-10(3-9-4-14-8(2)15-12(9)13)6-25-11(7)5-21-24(19,20)22-23(16,17)18/h4,6H,3,5H2,1-2H3,(H,19,20)(H2,13,14,15)(H2,16,17,18). The van der Waals surface area contributed by atoms with Crippen molar-refractivity contribution in [1.82, 2.24) is 9.97 Å². The van der Waals surface area contributed by atoms with Gasteiger partial charge in [-0.25, -0.2) is 19.1 Å². The van der Waals surface area contributed by atoms with Gasteiger partial charge in [-0.3, -0.25) is 4.52 Å². The third kappa shape index (κ3) is 5.95. The van der Waals surface area contributed by atoms with Crippen LogP contribution in [0.1, 0.15) is 27.4 Å². The van der Waals surface area contributed by atoms with Crippen molar-refractivity contribution in [2.24, 2.45) is 0 Å². The van der Waals surface area contributed by atoms with E-state index in [0.29, 0.717) is 22.9 Å². The fourth-order valence-electron chi connectivity index (χ4n) is 1.97. The smallest absolute Gasteiger partial charge is 0.383 e. The monoisotopic (exact) mass is 409 g/mol. The number of aryl methyl sites for hydroxylation is 1. The van der Waals surface area contributed by atoms with Crippen LogP contribution in [0, 0.1) is 13.8 Å². The number of aromatic nitrogens is 2. The highest BCUT2D eigenvalue weighted by atomic mass is 32.1. The second kappa shape index (κ2) is 7.61. The maximum Gasteiger partial charge on any atom is 0.481 e. The summed E-state index contributed by atoms with van der Waals surface area (Å²) in [5.74, 6) is 0.951. The molecule has 0 saturated carbocycles. The minimum absolute atomic E-state index is 0.329. The first-order valence-corrected chi connectivity index (χ1v) is 10.8. The van der Waals surface area contributed by atoms with Crippen LogP contribution in [0.15, 0.2) is 11.6 Å². The number of nitrogens with zero attached hydrogens (tertiary/aromatic N) is 2. The number of rotatable bonds is 7. The number of nitrogens with two attached hydrogens (primary N) is 1. The molecule has 0 radical (unpaired) electrons. The molecule has 13 heteroatoms. The van der Waals surface area contributed by atoms with Crippen molar-refractivity contribution in [3.63, 3.8) is 0 Å². The SMILES string of the molecule is Cc1ncc(Cc2csc(COP(=O)(O)OP(=O)(O)O)c2C)c(N)n1. The lowest BCUT2D eigenvalue weighted by molar-refractivity contribution is 0.173. The molecule has 0 bridgehead atoms. The highest BCUT2D eigenvalue weighted by molar-refractivity contribution is 7.60. The van der Waals surface area contributed by atoms with Gasteiger partial charge in [0.15, 0.2) is 0 Å². The van der Waals surface area contributed by atoms with E-state index in [1.807, 2.05) is 5.38 Å². The molecule has 10 nitrogen and oxygen atoms in total. The summed E-state index contributed by atoms with van der Waals surface area (Å²) in [4.78, 5) is 35.3. The second-order valence-corrected chi connectivity index (χ2v) is 8.92. The first-order chi connectivity index (χ1) is 11.5. The molecule has 1 atom stereocenters. The zero-order valence-electron chi connectivity index (χ0n) is 13.3. The van der Waals surface area contributed by atoms with Crippen LogP contribution in [0.3, 0.4) is 0 Å². The van der Waals surface area contributed by atoms with Gasteiger partial charge in [0.25, 0.3) is 0 Å². The first kappa shape index (κ1) is 20.2. The van der Waals surface area contributed by atoms with Gasteiger partial charge in [0, 0.05) is 23.1 Å². The highest BCUT2D eigenvalue weighted by Crippen LogP contribution is 2.58.